The number of hydrogen-bond acceptors (Lipinski definition) is 3. The minimum absolute atomic E-state index is 0.358. The smallest absolute Gasteiger partial charge is 0.310 e. The van der Waals surface area contributed by atoms with Crippen LogP contribution in [0.4, 0.5) is 0 Å². The van der Waals surface area contributed by atoms with E-state index in [-0.39, 0.29) is 5.97 Å². The molecule has 0 aromatic heterocycles. The molecule has 0 aromatic rings. The Kier molecular flexibility index (Phi) is 6.47. The molecule has 0 saturated carbocycles. The van der Waals surface area contributed by atoms with Crippen molar-refractivity contribution < 1.29 is 19.4 Å². The monoisotopic (exact) mass is 254 g/mol. The van der Waals surface area contributed by atoms with Crippen LogP contribution in [-0.4, -0.2) is 23.7 Å². The van der Waals surface area contributed by atoms with E-state index >= 15 is 0 Å². The first-order valence-electron chi connectivity index (χ1n) is 6.71. The van der Waals surface area contributed by atoms with E-state index in [0.29, 0.717) is 19.4 Å². The molecule has 1 N–H and O–H groups in total. The predicted molar refractivity (Wildman–Crippen MR) is 68.1 cm³/mol. The maximum atomic E-state index is 11.8. The quantitative estimate of drug-likeness (QED) is 0.431. The van der Waals surface area contributed by atoms with Crippen LogP contribution in [-0.2, 0) is 14.3 Å². The lowest BCUT2D eigenvalue weighted by Gasteiger charge is -2.23. The van der Waals surface area contributed by atoms with Crippen LogP contribution in [0, 0.1) is 11.8 Å². The maximum Gasteiger partial charge on any atom is 0.310 e. The van der Waals surface area contributed by atoms with Gasteiger partial charge in [-0.2, -0.15) is 0 Å². The molecule has 0 aromatic carbocycles. The summed E-state index contributed by atoms with van der Waals surface area (Å²) in [4.78, 5) is 22.9. The second kappa shape index (κ2) is 7.90. The number of rotatable bonds is 7. The van der Waals surface area contributed by atoms with Crippen molar-refractivity contribution in [1.82, 2.24) is 0 Å². The third-order valence-corrected chi connectivity index (χ3v) is 3.29. The number of carbonyl (C=O) groups excluding carboxylic acids is 1. The van der Waals surface area contributed by atoms with Gasteiger partial charge in [0.05, 0.1) is 18.4 Å². The van der Waals surface area contributed by atoms with E-state index in [1.807, 2.05) is 12.2 Å². The number of carbonyl (C=O) groups is 2. The lowest BCUT2D eigenvalue weighted by atomic mass is 9.83. The second-order valence-corrected chi connectivity index (χ2v) is 4.72. The third kappa shape index (κ3) is 4.51. The van der Waals surface area contributed by atoms with E-state index in [2.05, 4.69) is 6.92 Å². The molecule has 4 nitrogen and oxygen atoms in total. The molecule has 0 bridgehead atoms. The van der Waals surface area contributed by atoms with Crippen LogP contribution in [0.1, 0.15) is 45.4 Å². The summed E-state index contributed by atoms with van der Waals surface area (Å²) >= 11 is 0. The minimum atomic E-state index is -0.910. The van der Waals surface area contributed by atoms with Crippen molar-refractivity contribution in [2.45, 2.75) is 45.4 Å². The van der Waals surface area contributed by atoms with Gasteiger partial charge in [0.2, 0.25) is 0 Å². The number of unbranched alkanes of at least 4 members (excludes halogenated alkanes) is 3. The van der Waals surface area contributed by atoms with Crippen LogP contribution >= 0.6 is 0 Å². The fourth-order valence-electron chi connectivity index (χ4n) is 2.16. The topological polar surface area (TPSA) is 63.6 Å². The summed E-state index contributed by atoms with van der Waals surface area (Å²) in [6, 6.07) is 0. The van der Waals surface area contributed by atoms with Crippen LogP contribution in [0.2, 0.25) is 0 Å². The Morgan fingerprint density at radius 1 is 1.17 bits per heavy atom. The van der Waals surface area contributed by atoms with Gasteiger partial charge in [-0.3, -0.25) is 9.59 Å². The van der Waals surface area contributed by atoms with Crippen molar-refractivity contribution in [1.29, 1.82) is 0 Å². The Morgan fingerprint density at radius 3 is 2.44 bits per heavy atom. The van der Waals surface area contributed by atoms with Crippen LogP contribution < -0.4 is 0 Å². The molecule has 1 aliphatic rings. The predicted octanol–water partition coefficient (Wildman–Crippen LogP) is 2.78. The molecule has 102 valence electrons. The fourth-order valence-corrected chi connectivity index (χ4v) is 2.16. The molecule has 1 aliphatic carbocycles. The summed E-state index contributed by atoms with van der Waals surface area (Å²) < 4.78 is 5.17. The summed E-state index contributed by atoms with van der Waals surface area (Å²) in [6.07, 6.45) is 8.78. The van der Waals surface area contributed by atoms with E-state index in [1.165, 1.54) is 0 Å². The van der Waals surface area contributed by atoms with Crippen molar-refractivity contribution in [2.24, 2.45) is 11.8 Å². The summed E-state index contributed by atoms with van der Waals surface area (Å²) in [5, 5.41) is 9.06. The zero-order valence-electron chi connectivity index (χ0n) is 10.9. The number of esters is 1. The minimum Gasteiger partial charge on any atom is -0.481 e. The van der Waals surface area contributed by atoms with Gasteiger partial charge in [0, 0.05) is 0 Å². The summed E-state index contributed by atoms with van der Waals surface area (Å²) in [6.45, 7) is 2.53. The summed E-state index contributed by atoms with van der Waals surface area (Å²) in [5.74, 6) is -2.41. The van der Waals surface area contributed by atoms with Gasteiger partial charge in [0.1, 0.15) is 0 Å². The highest BCUT2D eigenvalue weighted by atomic mass is 16.5. The average Bonchev–Trinajstić information content (AvgIpc) is 2.38. The molecule has 4 heteroatoms. The standard InChI is InChI=1S/C14H22O4/c1-2-3-4-7-10-18-14(17)12-9-6-5-8-11(12)13(15)16/h5-6,11-12H,2-4,7-10H2,1H3,(H,15,16). The number of allylic oxidation sites excluding steroid dienone is 2. The van der Waals surface area contributed by atoms with E-state index in [4.69, 9.17) is 9.84 Å². The van der Waals surface area contributed by atoms with Gasteiger partial charge in [0.15, 0.2) is 0 Å². The zero-order valence-corrected chi connectivity index (χ0v) is 10.9. The SMILES string of the molecule is CCCCCCOC(=O)C1CC=CCC1C(=O)O. The lowest BCUT2D eigenvalue weighted by Crippen LogP contribution is -2.32. The van der Waals surface area contributed by atoms with Gasteiger partial charge in [-0.05, 0) is 19.3 Å². The molecule has 0 radical (unpaired) electrons. The fraction of sp³-hybridized carbons (Fsp3) is 0.714. The average molecular weight is 254 g/mol. The first-order chi connectivity index (χ1) is 8.66. The van der Waals surface area contributed by atoms with Gasteiger partial charge in [-0.1, -0.05) is 38.3 Å². The molecule has 2 atom stereocenters. The van der Waals surface area contributed by atoms with Gasteiger partial charge in [-0.25, -0.2) is 0 Å². The molecule has 0 fully saturated rings. The first kappa shape index (κ1) is 14.7. The molecule has 2 unspecified atom stereocenters. The van der Waals surface area contributed by atoms with Crippen molar-refractivity contribution >= 4 is 11.9 Å². The van der Waals surface area contributed by atoms with Crippen molar-refractivity contribution in [3.8, 4) is 0 Å². The molecule has 0 amide bonds. The van der Waals surface area contributed by atoms with Gasteiger partial charge in [0.25, 0.3) is 0 Å². The highest BCUT2D eigenvalue weighted by Crippen LogP contribution is 2.27. The Morgan fingerprint density at radius 2 is 1.83 bits per heavy atom. The van der Waals surface area contributed by atoms with Crippen molar-refractivity contribution in [3.63, 3.8) is 0 Å². The Bertz CT molecular complexity index is 309. The molecule has 0 spiro atoms. The highest BCUT2D eigenvalue weighted by molar-refractivity contribution is 5.81. The van der Waals surface area contributed by atoms with Crippen LogP contribution in [0.15, 0.2) is 12.2 Å². The van der Waals surface area contributed by atoms with E-state index in [9.17, 15) is 9.59 Å². The second-order valence-electron chi connectivity index (χ2n) is 4.72. The van der Waals surface area contributed by atoms with Crippen molar-refractivity contribution in [3.05, 3.63) is 12.2 Å². The lowest BCUT2D eigenvalue weighted by molar-refractivity contribution is -0.158. The highest BCUT2D eigenvalue weighted by Gasteiger charge is 2.34. The summed E-state index contributed by atoms with van der Waals surface area (Å²) in [7, 11) is 0. The third-order valence-electron chi connectivity index (χ3n) is 3.29. The van der Waals surface area contributed by atoms with E-state index in [1.54, 1.807) is 0 Å². The molecule has 1 rings (SSSR count). The number of ether oxygens (including phenoxy) is 1. The maximum absolute atomic E-state index is 11.8. The molecule has 0 saturated heterocycles. The van der Waals surface area contributed by atoms with Crippen LogP contribution in [0.3, 0.4) is 0 Å². The molecule has 18 heavy (non-hydrogen) atoms. The normalized spacial score (nSPS) is 22.7. The Hall–Kier alpha value is -1.32. The first-order valence-corrected chi connectivity index (χ1v) is 6.71. The molecule has 0 aliphatic heterocycles. The van der Waals surface area contributed by atoms with Gasteiger partial charge < -0.3 is 9.84 Å². The summed E-state index contributed by atoms with van der Waals surface area (Å²) in [5.41, 5.74) is 0. The number of carboxylic acid groups (broad SMARTS) is 1. The van der Waals surface area contributed by atoms with E-state index < -0.39 is 17.8 Å². The number of hydrogen-bond donors (Lipinski definition) is 1. The molecular weight excluding hydrogens is 232 g/mol. The van der Waals surface area contributed by atoms with Gasteiger partial charge >= 0.3 is 11.9 Å². The number of carboxylic acids is 1. The van der Waals surface area contributed by atoms with Crippen LogP contribution in [0.25, 0.3) is 0 Å². The van der Waals surface area contributed by atoms with Crippen molar-refractivity contribution in [2.75, 3.05) is 6.61 Å². The Labute approximate surface area is 108 Å². The number of aliphatic carboxylic acids is 1. The zero-order chi connectivity index (χ0) is 13.4. The molecule has 0 heterocycles. The Balaban J connectivity index is 2.35. The largest absolute Gasteiger partial charge is 0.481 e. The molecular formula is C14H22O4. The van der Waals surface area contributed by atoms with Gasteiger partial charge in [-0.15, -0.1) is 0 Å². The van der Waals surface area contributed by atoms with E-state index in [0.717, 1.165) is 25.7 Å². The van der Waals surface area contributed by atoms with Crippen LogP contribution in [0.5, 0.6) is 0 Å².